The van der Waals surface area contributed by atoms with E-state index in [4.69, 9.17) is 5.26 Å². The Balaban J connectivity index is 1.50. The monoisotopic (exact) mass is 416 g/mol. The molecule has 0 spiro atoms. The van der Waals surface area contributed by atoms with Gasteiger partial charge >= 0.3 is 0 Å². The molecule has 1 aliphatic rings. The summed E-state index contributed by atoms with van der Waals surface area (Å²) >= 11 is 1.65. The van der Waals surface area contributed by atoms with Crippen LogP contribution in [0.1, 0.15) is 29.3 Å². The molecule has 0 radical (unpaired) electrons. The van der Waals surface area contributed by atoms with E-state index in [9.17, 15) is 0 Å². The molecule has 0 aromatic carbocycles. The maximum Gasteiger partial charge on any atom is 0.151 e. The Morgan fingerprint density at radius 2 is 2.07 bits per heavy atom. The Bertz CT molecular complexity index is 1250. The number of anilines is 1. The summed E-state index contributed by atoms with van der Waals surface area (Å²) in [6, 6.07) is 7.88. The number of fused-ring (bicyclic) bond motifs is 1. The minimum absolute atomic E-state index is 0.485. The van der Waals surface area contributed by atoms with Crippen molar-refractivity contribution in [3.63, 3.8) is 0 Å². The van der Waals surface area contributed by atoms with Gasteiger partial charge in [0.05, 0.1) is 11.1 Å². The summed E-state index contributed by atoms with van der Waals surface area (Å²) in [6.45, 7) is 2.07. The van der Waals surface area contributed by atoms with E-state index >= 15 is 0 Å². The zero-order valence-electron chi connectivity index (χ0n) is 16.5. The first-order valence-corrected chi connectivity index (χ1v) is 10.7. The summed E-state index contributed by atoms with van der Waals surface area (Å²) in [7, 11) is 1.89. The molecule has 5 heterocycles. The van der Waals surface area contributed by atoms with E-state index in [-0.39, 0.29) is 0 Å². The predicted octanol–water partition coefficient (Wildman–Crippen LogP) is 3.32. The van der Waals surface area contributed by atoms with Crippen LogP contribution in [0.25, 0.3) is 27.4 Å². The standard InChI is InChI=1S/C21H20N8S/c1-23-17-9-18(29-7-4-15-8-13(10-22)11-26-19(15)29)25-12-16(17)21-28-27-20(30-21)14-2-5-24-6-3-14/h4,7-9,11-12,14,24H,2-3,5-6H2,1H3,(H,23,25). The molecule has 5 rings (SSSR count). The van der Waals surface area contributed by atoms with Crippen LogP contribution in [0.2, 0.25) is 0 Å². The molecule has 0 atom stereocenters. The SMILES string of the molecule is CNc1cc(-n2ccc3cc(C#N)cnc32)ncc1-c1nnc(C2CCNCC2)s1. The summed E-state index contributed by atoms with van der Waals surface area (Å²) in [6.07, 6.45) is 7.54. The fourth-order valence-electron chi connectivity index (χ4n) is 3.80. The lowest BCUT2D eigenvalue weighted by Crippen LogP contribution is -2.26. The van der Waals surface area contributed by atoms with Gasteiger partial charge in [-0.3, -0.25) is 4.57 Å². The quantitative estimate of drug-likeness (QED) is 0.526. The predicted molar refractivity (Wildman–Crippen MR) is 117 cm³/mol. The van der Waals surface area contributed by atoms with Gasteiger partial charge in [0.25, 0.3) is 0 Å². The third-order valence-electron chi connectivity index (χ3n) is 5.42. The number of rotatable bonds is 4. The molecule has 2 N–H and O–H groups in total. The van der Waals surface area contributed by atoms with Gasteiger partial charge < -0.3 is 10.6 Å². The summed E-state index contributed by atoms with van der Waals surface area (Å²) < 4.78 is 1.92. The Hall–Kier alpha value is -3.35. The van der Waals surface area contributed by atoms with Crippen molar-refractivity contribution >= 4 is 28.1 Å². The molecule has 4 aromatic rings. The minimum Gasteiger partial charge on any atom is -0.387 e. The van der Waals surface area contributed by atoms with Gasteiger partial charge in [0.15, 0.2) is 5.01 Å². The van der Waals surface area contributed by atoms with Crippen molar-refractivity contribution in [2.75, 3.05) is 25.5 Å². The number of piperidine rings is 1. The molecule has 30 heavy (non-hydrogen) atoms. The van der Waals surface area contributed by atoms with Crippen LogP contribution in [0, 0.1) is 11.3 Å². The normalized spacial score (nSPS) is 14.7. The molecule has 0 bridgehead atoms. The van der Waals surface area contributed by atoms with E-state index in [1.165, 1.54) is 0 Å². The largest absolute Gasteiger partial charge is 0.387 e. The zero-order chi connectivity index (χ0) is 20.5. The molecular weight excluding hydrogens is 396 g/mol. The lowest BCUT2D eigenvalue weighted by atomic mass is 9.99. The molecular formula is C21H20N8S. The van der Waals surface area contributed by atoms with Crippen molar-refractivity contribution in [2.45, 2.75) is 18.8 Å². The highest BCUT2D eigenvalue weighted by atomic mass is 32.1. The molecule has 1 saturated heterocycles. The first-order valence-electron chi connectivity index (χ1n) is 9.86. The van der Waals surface area contributed by atoms with Crippen LogP contribution in [0.3, 0.4) is 0 Å². The van der Waals surface area contributed by atoms with E-state index in [0.29, 0.717) is 11.5 Å². The number of aromatic nitrogens is 5. The first-order chi connectivity index (χ1) is 14.8. The number of nitriles is 1. The molecule has 150 valence electrons. The van der Waals surface area contributed by atoms with Crippen molar-refractivity contribution in [3.05, 3.63) is 47.4 Å². The summed E-state index contributed by atoms with van der Waals surface area (Å²) in [5.74, 6) is 1.23. The van der Waals surface area contributed by atoms with E-state index in [2.05, 4.69) is 36.9 Å². The molecule has 0 saturated carbocycles. The number of nitrogens with one attached hydrogen (secondary N) is 2. The van der Waals surface area contributed by atoms with Gasteiger partial charge in [-0.15, -0.1) is 10.2 Å². The molecule has 8 nitrogen and oxygen atoms in total. The van der Waals surface area contributed by atoms with Crippen LogP contribution in [0.5, 0.6) is 0 Å². The Morgan fingerprint density at radius 1 is 1.20 bits per heavy atom. The smallest absolute Gasteiger partial charge is 0.151 e. The number of pyridine rings is 2. The fraction of sp³-hybridized carbons (Fsp3) is 0.286. The van der Waals surface area contributed by atoms with Gasteiger partial charge in [-0.2, -0.15) is 5.26 Å². The summed E-state index contributed by atoms with van der Waals surface area (Å²) in [5, 5.41) is 27.5. The Labute approximate surface area is 177 Å². The third kappa shape index (κ3) is 3.30. The van der Waals surface area contributed by atoms with Crippen molar-refractivity contribution in [2.24, 2.45) is 0 Å². The van der Waals surface area contributed by atoms with E-state index in [0.717, 1.165) is 64.0 Å². The highest BCUT2D eigenvalue weighted by Gasteiger charge is 2.21. The summed E-state index contributed by atoms with van der Waals surface area (Å²) in [5.41, 5.74) is 3.18. The highest BCUT2D eigenvalue weighted by Crippen LogP contribution is 2.35. The number of hydrogen-bond donors (Lipinski definition) is 2. The van der Waals surface area contributed by atoms with Gasteiger partial charge in [0, 0.05) is 48.7 Å². The van der Waals surface area contributed by atoms with Crippen molar-refractivity contribution < 1.29 is 0 Å². The van der Waals surface area contributed by atoms with Crippen molar-refractivity contribution in [1.82, 2.24) is 30.0 Å². The van der Waals surface area contributed by atoms with Gasteiger partial charge in [-0.05, 0) is 38.1 Å². The van der Waals surface area contributed by atoms with Crippen LogP contribution in [0.15, 0.2) is 36.8 Å². The van der Waals surface area contributed by atoms with Crippen LogP contribution >= 0.6 is 11.3 Å². The molecule has 0 unspecified atom stereocenters. The second-order valence-corrected chi connectivity index (χ2v) is 8.25. The Kier molecular flexibility index (Phi) is 4.86. The van der Waals surface area contributed by atoms with E-state index in [1.54, 1.807) is 17.5 Å². The minimum atomic E-state index is 0.485. The average molecular weight is 417 g/mol. The average Bonchev–Trinajstić information content (AvgIpc) is 3.46. The summed E-state index contributed by atoms with van der Waals surface area (Å²) in [4.78, 5) is 9.10. The van der Waals surface area contributed by atoms with Gasteiger partial charge in [0.2, 0.25) is 0 Å². The maximum atomic E-state index is 9.08. The van der Waals surface area contributed by atoms with Gasteiger partial charge in [-0.1, -0.05) is 11.3 Å². The van der Waals surface area contributed by atoms with Crippen LogP contribution in [-0.2, 0) is 0 Å². The van der Waals surface area contributed by atoms with Crippen molar-refractivity contribution in [1.29, 1.82) is 5.26 Å². The lowest BCUT2D eigenvalue weighted by molar-refractivity contribution is 0.457. The van der Waals surface area contributed by atoms with E-state index in [1.807, 2.05) is 42.2 Å². The van der Waals surface area contributed by atoms with Crippen LogP contribution in [-0.4, -0.2) is 44.9 Å². The fourth-order valence-corrected chi connectivity index (χ4v) is 4.84. The lowest BCUT2D eigenvalue weighted by Gasteiger charge is -2.19. The Morgan fingerprint density at radius 3 is 2.87 bits per heavy atom. The topological polar surface area (TPSA) is 104 Å². The second kappa shape index (κ2) is 7.82. The van der Waals surface area contributed by atoms with E-state index < -0.39 is 0 Å². The number of hydrogen-bond acceptors (Lipinski definition) is 8. The maximum absolute atomic E-state index is 9.08. The third-order valence-corrected chi connectivity index (χ3v) is 6.54. The number of nitrogens with zero attached hydrogens (tertiary/aromatic N) is 6. The molecule has 1 aliphatic heterocycles. The highest BCUT2D eigenvalue weighted by molar-refractivity contribution is 7.14. The second-order valence-electron chi connectivity index (χ2n) is 7.24. The molecule has 1 fully saturated rings. The van der Waals surface area contributed by atoms with Crippen LogP contribution < -0.4 is 10.6 Å². The molecule has 0 aliphatic carbocycles. The van der Waals surface area contributed by atoms with Crippen LogP contribution in [0.4, 0.5) is 5.69 Å². The molecule has 4 aromatic heterocycles. The zero-order valence-corrected chi connectivity index (χ0v) is 17.3. The van der Waals surface area contributed by atoms with Gasteiger partial charge in [-0.25, -0.2) is 9.97 Å². The molecule has 0 amide bonds. The van der Waals surface area contributed by atoms with Crippen molar-refractivity contribution in [3.8, 4) is 22.5 Å². The first kappa shape index (κ1) is 18.7. The molecule has 9 heteroatoms. The van der Waals surface area contributed by atoms with Gasteiger partial charge in [0.1, 0.15) is 22.5 Å².